The molecule has 0 unspecified atom stereocenters. The number of aromatic nitrogens is 3. The van der Waals surface area contributed by atoms with Crippen molar-refractivity contribution >= 4 is 17.3 Å². The first kappa shape index (κ1) is 13.5. The molecule has 3 heterocycles. The van der Waals surface area contributed by atoms with Crippen LogP contribution in [0.5, 0.6) is 0 Å². The van der Waals surface area contributed by atoms with E-state index in [1.54, 1.807) is 11.3 Å². The van der Waals surface area contributed by atoms with Crippen molar-refractivity contribution in [2.45, 2.75) is 19.9 Å². The average Bonchev–Trinajstić information content (AvgIpc) is 2.74. The van der Waals surface area contributed by atoms with E-state index in [4.69, 9.17) is 0 Å². The second-order valence-electron chi connectivity index (χ2n) is 5.05. The lowest BCUT2D eigenvalue weighted by Gasteiger charge is -2.21. The Labute approximate surface area is 123 Å². The first-order valence-electron chi connectivity index (χ1n) is 6.96. The van der Waals surface area contributed by atoms with Crippen molar-refractivity contribution in [3.05, 3.63) is 34.5 Å². The molecule has 2 aromatic rings. The van der Waals surface area contributed by atoms with Crippen LogP contribution in [-0.2, 0) is 6.54 Å². The Balaban J connectivity index is 1.59. The number of nitrogens with zero attached hydrogens (tertiary/aromatic N) is 5. The highest BCUT2D eigenvalue weighted by atomic mass is 32.1. The molecular weight excluding hydrogens is 270 g/mol. The third-order valence-electron chi connectivity index (χ3n) is 3.45. The fourth-order valence-corrected chi connectivity index (χ4v) is 3.26. The molecule has 0 radical (unpaired) electrons. The predicted molar refractivity (Wildman–Crippen MR) is 81.0 cm³/mol. The smallest absolute Gasteiger partial charge is 0.225 e. The fourth-order valence-electron chi connectivity index (χ4n) is 2.45. The molecule has 106 valence electrons. The average molecular weight is 289 g/mol. The minimum atomic E-state index is 0.847. The Hall–Kier alpha value is -1.53. The topological polar surface area (TPSA) is 45.2 Å². The highest BCUT2D eigenvalue weighted by Gasteiger charge is 2.17. The van der Waals surface area contributed by atoms with Gasteiger partial charge in [-0.3, -0.25) is 4.90 Å². The normalized spacial score (nSPS) is 17.1. The summed E-state index contributed by atoms with van der Waals surface area (Å²) in [6, 6.07) is 1.86. The van der Waals surface area contributed by atoms with Crippen LogP contribution in [0.25, 0.3) is 0 Å². The molecule has 3 rings (SSSR count). The van der Waals surface area contributed by atoms with Gasteiger partial charge >= 0.3 is 0 Å². The van der Waals surface area contributed by atoms with Gasteiger partial charge in [-0.15, -0.1) is 11.3 Å². The van der Waals surface area contributed by atoms with Gasteiger partial charge in [0.25, 0.3) is 0 Å². The van der Waals surface area contributed by atoms with E-state index < -0.39 is 0 Å². The first-order valence-corrected chi connectivity index (χ1v) is 7.84. The molecule has 1 saturated heterocycles. The maximum absolute atomic E-state index is 4.55. The molecule has 0 bridgehead atoms. The van der Waals surface area contributed by atoms with Crippen molar-refractivity contribution in [3.8, 4) is 0 Å². The molecule has 20 heavy (non-hydrogen) atoms. The van der Waals surface area contributed by atoms with Crippen LogP contribution in [0.15, 0.2) is 23.8 Å². The van der Waals surface area contributed by atoms with Crippen molar-refractivity contribution in [3.63, 3.8) is 0 Å². The summed E-state index contributed by atoms with van der Waals surface area (Å²) in [7, 11) is 0. The Morgan fingerprint density at radius 3 is 2.75 bits per heavy atom. The van der Waals surface area contributed by atoms with Crippen LogP contribution >= 0.6 is 11.3 Å². The number of rotatable bonds is 3. The van der Waals surface area contributed by atoms with Gasteiger partial charge in [0.1, 0.15) is 5.01 Å². The van der Waals surface area contributed by atoms with Crippen molar-refractivity contribution in [1.82, 2.24) is 19.9 Å². The highest BCUT2D eigenvalue weighted by Crippen LogP contribution is 2.15. The third kappa shape index (κ3) is 3.32. The number of aryl methyl sites for hydroxylation is 1. The van der Waals surface area contributed by atoms with E-state index in [0.717, 1.165) is 50.8 Å². The van der Waals surface area contributed by atoms with E-state index in [1.807, 2.05) is 18.5 Å². The van der Waals surface area contributed by atoms with Crippen LogP contribution in [0.3, 0.4) is 0 Å². The van der Waals surface area contributed by atoms with Gasteiger partial charge in [0.05, 0.1) is 6.54 Å². The van der Waals surface area contributed by atoms with Gasteiger partial charge in [0, 0.05) is 49.6 Å². The summed E-state index contributed by atoms with van der Waals surface area (Å²) >= 11 is 1.76. The second-order valence-corrected chi connectivity index (χ2v) is 5.99. The number of anilines is 1. The van der Waals surface area contributed by atoms with Crippen LogP contribution < -0.4 is 4.90 Å². The van der Waals surface area contributed by atoms with Crippen molar-refractivity contribution in [2.75, 3.05) is 31.1 Å². The molecular formula is C14H19N5S. The lowest BCUT2D eigenvalue weighted by atomic mass is 10.4. The van der Waals surface area contributed by atoms with Gasteiger partial charge < -0.3 is 4.90 Å². The fraction of sp³-hybridized carbons (Fsp3) is 0.500. The van der Waals surface area contributed by atoms with Crippen molar-refractivity contribution < 1.29 is 0 Å². The Morgan fingerprint density at radius 1 is 1.15 bits per heavy atom. The van der Waals surface area contributed by atoms with Crippen LogP contribution in [0.4, 0.5) is 5.95 Å². The minimum Gasteiger partial charge on any atom is -0.339 e. The standard InChI is InChI=1S/C14H19N5S/c1-12-11-20-13(17-12)10-18-6-3-7-19(9-8-18)14-15-4-2-5-16-14/h2,4-5,11H,3,6-10H2,1H3. The maximum atomic E-state index is 4.55. The third-order valence-corrected chi connectivity index (χ3v) is 4.40. The van der Waals surface area contributed by atoms with Gasteiger partial charge in [0.2, 0.25) is 5.95 Å². The highest BCUT2D eigenvalue weighted by molar-refractivity contribution is 7.09. The molecule has 1 aliphatic rings. The largest absolute Gasteiger partial charge is 0.339 e. The van der Waals surface area contributed by atoms with E-state index in [-0.39, 0.29) is 0 Å². The molecule has 2 aromatic heterocycles. The molecule has 6 heteroatoms. The first-order chi connectivity index (χ1) is 9.81. The zero-order chi connectivity index (χ0) is 13.8. The summed E-state index contributed by atoms with van der Waals surface area (Å²) in [6.45, 7) is 7.17. The summed E-state index contributed by atoms with van der Waals surface area (Å²) in [5.74, 6) is 0.847. The van der Waals surface area contributed by atoms with Gasteiger partial charge in [-0.2, -0.15) is 0 Å². The molecule has 1 fully saturated rings. The van der Waals surface area contributed by atoms with Crippen LogP contribution in [0, 0.1) is 6.92 Å². The van der Waals surface area contributed by atoms with E-state index >= 15 is 0 Å². The quantitative estimate of drug-likeness (QED) is 0.864. The van der Waals surface area contributed by atoms with Gasteiger partial charge in [-0.05, 0) is 19.4 Å². The number of thiazole rings is 1. The molecule has 0 aromatic carbocycles. The SMILES string of the molecule is Cc1csc(CN2CCCN(c3ncccn3)CC2)n1. The lowest BCUT2D eigenvalue weighted by Crippen LogP contribution is -2.31. The molecule has 5 nitrogen and oxygen atoms in total. The molecule has 0 atom stereocenters. The molecule has 0 saturated carbocycles. The minimum absolute atomic E-state index is 0.847. The second kappa shape index (κ2) is 6.28. The molecule has 0 N–H and O–H groups in total. The van der Waals surface area contributed by atoms with Crippen LogP contribution in [0.1, 0.15) is 17.1 Å². The Kier molecular flexibility index (Phi) is 4.22. The summed E-state index contributed by atoms with van der Waals surface area (Å²) < 4.78 is 0. The van der Waals surface area contributed by atoms with E-state index in [1.165, 1.54) is 5.01 Å². The summed E-state index contributed by atoms with van der Waals surface area (Å²) in [5, 5.41) is 3.34. The monoisotopic (exact) mass is 289 g/mol. The number of hydrogen-bond donors (Lipinski definition) is 0. The van der Waals surface area contributed by atoms with E-state index in [0.29, 0.717) is 0 Å². The summed E-state index contributed by atoms with van der Waals surface area (Å²) in [4.78, 5) is 18.0. The Morgan fingerprint density at radius 2 is 2.00 bits per heavy atom. The van der Waals surface area contributed by atoms with Gasteiger partial charge in [0.15, 0.2) is 0 Å². The molecule has 0 aliphatic carbocycles. The van der Waals surface area contributed by atoms with Crippen molar-refractivity contribution in [1.29, 1.82) is 0 Å². The number of hydrogen-bond acceptors (Lipinski definition) is 6. The zero-order valence-corrected chi connectivity index (χ0v) is 12.5. The van der Waals surface area contributed by atoms with E-state index in [2.05, 4.69) is 37.1 Å². The zero-order valence-electron chi connectivity index (χ0n) is 11.7. The van der Waals surface area contributed by atoms with E-state index in [9.17, 15) is 0 Å². The Bertz CT molecular complexity index is 542. The van der Waals surface area contributed by atoms with Crippen molar-refractivity contribution in [2.24, 2.45) is 0 Å². The molecule has 0 spiro atoms. The van der Waals surface area contributed by atoms with Gasteiger partial charge in [-0.1, -0.05) is 0 Å². The molecule has 0 amide bonds. The van der Waals surface area contributed by atoms with Crippen LogP contribution in [-0.4, -0.2) is 46.0 Å². The predicted octanol–water partition coefficient (Wildman–Crippen LogP) is 1.95. The molecule has 1 aliphatic heterocycles. The summed E-state index contributed by atoms with van der Waals surface area (Å²) in [5.41, 5.74) is 1.12. The lowest BCUT2D eigenvalue weighted by molar-refractivity contribution is 0.285. The summed E-state index contributed by atoms with van der Waals surface area (Å²) in [6.07, 6.45) is 4.76. The van der Waals surface area contributed by atoms with Crippen LogP contribution in [0.2, 0.25) is 0 Å². The maximum Gasteiger partial charge on any atom is 0.225 e. The van der Waals surface area contributed by atoms with Gasteiger partial charge in [-0.25, -0.2) is 15.0 Å².